The lowest BCUT2D eigenvalue weighted by Gasteiger charge is -2.39. The third kappa shape index (κ3) is 8.78. The van der Waals surface area contributed by atoms with E-state index in [1.807, 2.05) is 32.9 Å². The molecule has 1 amide bonds. The summed E-state index contributed by atoms with van der Waals surface area (Å²) in [5.74, 6) is -1.24. The number of ether oxygens (including phenoxy) is 4. The first-order valence-electron chi connectivity index (χ1n) is 13.6. The number of carbonyl (C=O) groups is 3. The van der Waals surface area contributed by atoms with Crippen LogP contribution in [0.4, 0.5) is 0 Å². The van der Waals surface area contributed by atoms with E-state index in [0.717, 1.165) is 24.8 Å². The molecule has 0 saturated carbocycles. The molecule has 0 radical (unpaired) electrons. The minimum Gasteiger partial charge on any atom is -0.481 e. The second-order valence-electron chi connectivity index (χ2n) is 11.1. The second kappa shape index (κ2) is 13.0. The van der Waals surface area contributed by atoms with Crippen molar-refractivity contribution in [3.63, 3.8) is 0 Å². The number of esters is 1. The fraction of sp³-hybridized carbons (Fsp3) is 0.690. The number of allylic oxidation sites excluding steroid dienone is 2. The SMILES string of the molecule is CC(=O)OC(C)/C=C\C(=O)NC1CC(C)C(C/C=C(C)/C=C/C2CC3(C[C@@H](CC(=O)O)O2)OC3C)OC1C. The molecule has 9 atom stereocenters. The first-order chi connectivity index (χ1) is 17.9. The molecule has 0 aromatic carbocycles. The normalized spacial score (nSPS) is 36.4. The molecule has 3 aliphatic rings. The summed E-state index contributed by atoms with van der Waals surface area (Å²) >= 11 is 0. The topological polar surface area (TPSA) is 124 Å². The molecule has 3 heterocycles. The lowest BCUT2D eigenvalue weighted by Crippen LogP contribution is -2.50. The maximum Gasteiger partial charge on any atom is 0.305 e. The maximum absolute atomic E-state index is 12.3. The van der Waals surface area contributed by atoms with Gasteiger partial charge in [0.2, 0.25) is 5.91 Å². The Hall–Kier alpha value is -2.49. The van der Waals surface area contributed by atoms with E-state index in [9.17, 15) is 19.5 Å². The fourth-order valence-electron chi connectivity index (χ4n) is 5.42. The van der Waals surface area contributed by atoms with Crippen molar-refractivity contribution in [2.24, 2.45) is 5.92 Å². The first kappa shape index (κ1) is 30.1. The molecule has 0 aromatic heterocycles. The monoisotopic (exact) mass is 533 g/mol. The van der Waals surface area contributed by atoms with E-state index in [1.54, 1.807) is 13.0 Å². The average molecular weight is 534 g/mol. The van der Waals surface area contributed by atoms with Crippen LogP contribution < -0.4 is 5.32 Å². The van der Waals surface area contributed by atoms with Crippen molar-refractivity contribution in [3.8, 4) is 0 Å². The Labute approximate surface area is 225 Å². The van der Waals surface area contributed by atoms with Crippen LogP contribution >= 0.6 is 0 Å². The summed E-state index contributed by atoms with van der Waals surface area (Å²) < 4.78 is 23.1. The fourth-order valence-corrected chi connectivity index (χ4v) is 5.42. The largest absolute Gasteiger partial charge is 0.481 e. The van der Waals surface area contributed by atoms with Gasteiger partial charge in [0.15, 0.2) is 0 Å². The molecule has 212 valence electrons. The number of epoxide rings is 1. The highest BCUT2D eigenvalue weighted by atomic mass is 16.6. The minimum atomic E-state index is -0.859. The number of aliphatic carboxylic acids is 1. The zero-order chi connectivity index (χ0) is 28.0. The molecule has 2 N–H and O–H groups in total. The molecule has 38 heavy (non-hydrogen) atoms. The smallest absolute Gasteiger partial charge is 0.305 e. The number of hydrogen-bond acceptors (Lipinski definition) is 7. The summed E-state index contributed by atoms with van der Waals surface area (Å²) in [6, 6.07) is -0.103. The zero-order valence-corrected chi connectivity index (χ0v) is 23.3. The van der Waals surface area contributed by atoms with Gasteiger partial charge in [0.1, 0.15) is 6.10 Å². The molecule has 3 aliphatic heterocycles. The first-order valence-corrected chi connectivity index (χ1v) is 13.6. The van der Waals surface area contributed by atoms with Gasteiger partial charge in [-0.15, -0.1) is 0 Å². The van der Waals surface area contributed by atoms with Crippen LogP contribution in [0.1, 0.15) is 73.6 Å². The molecule has 9 heteroatoms. The van der Waals surface area contributed by atoms with E-state index in [-0.39, 0.29) is 66.4 Å². The average Bonchev–Trinajstić information content (AvgIpc) is 3.42. The van der Waals surface area contributed by atoms with E-state index in [1.165, 1.54) is 13.0 Å². The van der Waals surface area contributed by atoms with Crippen LogP contribution in [0.25, 0.3) is 0 Å². The predicted molar refractivity (Wildman–Crippen MR) is 141 cm³/mol. The number of nitrogens with one attached hydrogen (secondary N) is 1. The van der Waals surface area contributed by atoms with Gasteiger partial charge in [-0.25, -0.2) is 0 Å². The van der Waals surface area contributed by atoms with Gasteiger partial charge in [-0.2, -0.15) is 0 Å². The van der Waals surface area contributed by atoms with Gasteiger partial charge in [-0.05, 0) is 52.5 Å². The van der Waals surface area contributed by atoms with Crippen LogP contribution in [0.5, 0.6) is 0 Å². The molecule has 0 bridgehead atoms. The highest BCUT2D eigenvalue weighted by Gasteiger charge is 2.57. The van der Waals surface area contributed by atoms with Crippen molar-refractivity contribution in [2.45, 2.75) is 122 Å². The maximum atomic E-state index is 12.3. The number of carboxylic acids is 1. The highest BCUT2D eigenvalue weighted by Crippen LogP contribution is 2.48. The minimum absolute atomic E-state index is 0.0166. The van der Waals surface area contributed by atoms with Gasteiger partial charge in [0.25, 0.3) is 0 Å². The molecule has 8 unspecified atom stereocenters. The Morgan fingerprint density at radius 1 is 1.13 bits per heavy atom. The van der Waals surface area contributed by atoms with Crippen LogP contribution in [0.3, 0.4) is 0 Å². The standard InChI is InChI=1S/C29H43NO8/c1-17(7-10-23-15-29(21(5)38-29)16-24(37-23)14-28(33)34)8-11-26-18(2)13-25(20(4)36-26)30-27(32)12-9-19(3)35-22(6)31/h7-10,12,18-21,23-26H,11,13-16H2,1-6H3,(H,30,32)(H,33,34)/b10-7+,12-9-,17-8+/t18?,19?,20?,21?,23?,24-,25?,26?,29?/m1/s1. The van der Waals surface area contributed by atoms with E-state index < -0.39 is 12.1 Å². The molecular weight excluding hydrogens is 490 g/mol. The van der Waals surface area contributed by atoms with Gasteiger partial charge in [-0.3, -0.25) is 14.4 Å². The van der Waals surface area contributed by atoms with Crippen molar-refractivity contribution >= 4 is 17.8 Å². The van der Waals surface area contributed by atoms with Crippen molar-refractivity contribution in [3.05, 3.63) is 36.0 Å². The molecule has 3 rings (SSSR count). The summed E-state index contributed by atoms with van der Waals surface area (Å²) in [4.78, 5) is 34.5. The number of carbonyl (C=O) groups excluding carboxylic acids is 2. The zero-order valence-electron chi connectivity index (χ0n) is 23.3. The molecular formula is C29H43NO8. The van der Waals surface area contributed by atoms with Crippen LogP contribution in [0.15, 0.2) is 36.0 Å². The third-order valence-corrected chi connectivity index (χ3v) is 7.65. The Morgan fingerprint density at radius 2 is 1.84 bits per heavy atom. The van der Waals surface area contributed by atoms with E-state index in [0.29, 0.717) is 6.42 Å². The number of amides is 1. The van der Waals surface area contributed by atoms with E-state index in [4.69, 9.17) is 18.9 Å². The number of rotatable bonds is 10. The third-order valence-electron chi connectivity index (χ3n) is 7.65. The van der Waals surface area contributed by atoms with Crippen molar-refractivity contribution in [2.75, 3.05) is 0 Å². The van der Waals surface area contributed by atoms with E-state index >= 15 is 0 Å². The summed E-state index contributed by atoms with van der Waals surface area (Å²) in [6.07, 6.45) is 11.1. The van der Waals surface area contributed by atoms with Crippen LogP contribution in [0.2, 0.25) is 0 Å². The van der Waals surface area contributed by atoms with Gasteiger partial charge in [0, 0.05) is 25.8 Å². The quantitative estimate of drug-likeness (QED) is 0.188. The summed E-state index contributed by atoms with van der Waals surface area (Å²) in [5, 5.41) is 12.2. The Morgan fingerprint density at radius 3 is 2.47 bits per heavy atom. The second-order valence-corrected chi connectivity index (χ2v) is 11.1. The summed E-state index contributed by atoms with van der Waals surface area (Å²) in [7, 11) is 0. The molecule has 0 aliphatic carbocycles. The van der Waals surface area contributed by atoms with Gasteiger partial charge in [-0.1, -0.05) is 30.7 Å². The number of hydrogen-bond donors (Lipinski definition) is 2. The molecule has 3 fully saturated rings. The van der Waals surface area contributed by atoms with Crippen molar-refractivity contribution in [1.82, 2.24) is 5.32 Å². The van der Waals surface area contributed by atoms with Crippen LogP contribution in [-0.2, 0) is 33.3 Å². The molecule has 0 aromatic rings. The van der Waals surface area contributed by atoms with Gasteiger partial charge >= 0.3 is 11.9 Å². The molecule has 3 saturated heterocycles. The lowest BCUT2D eigenvalue weighted by molar-refractivity contribution is -0.144. The van der Waals surface area contributed by atoms with Gasteiger partial charge < -0.3 is 29.4 Å². The summed E-state index contributed by atoms with van der Waals surface area (Å²) in [6.45, 7) is 11.2. The Kier molecular flexibility index (Phi) is 10.3. The number of carboxylic acid groups (broad SMARTS) is 1. The Bertz CT molecular complexity index is 958. The Balaban J connectivity index is 1.48. The van der Waals surface area contributed by atoms with Gasteiger partial charge in [0.05, 0.1) is 48.6 Å². The molecule has 1 spiro atoms. The van der Waals surface area contributed by atoms with Crippen LogP contribution in [-0.4, -0.2) is 71.2 Å². The lowest BCUT2D eigenvalue weighted by atomic mass is 9.87. The van der Waals surface area contributed by atoms with Crippen molar-refractivity contribution in [1.29, 1.82) is 0 Å². The molecule has 9 nitrogen and oxygen atoms in total. The van der Waals surface area contributed by atoms with E-state index in [2.05, 4.69) is 18.3 Å². The predicted octanol–water partition coefficient (Wildman–Crippen LogP) is 3.86. The summed E-state index contributed by atoms with van der Waals surface area (Å²) in [5.41, 5.74) is 0.827. The van der Waals surface area contributed by atoms with Crippen LogP contribution in [0, 0.1) is 5.92 Å². The highest BCUT2D eigenvalue weighted by molar-refractivity contribution is 5.87. The van der Waals surface area contributed by atoms with Crippen molar-refractivity contribution < 1.29 is 38.4 Å².